The molecule has 1 aliphatic heterocycles. The Bertz CT molecular complexity index is 1040. The summed E-state index contributed by atoms with van der Waals surface area (Å²) in [7, 11) is 0. The standard InChI is InChI=1S/C23H27F3N4O5/c1-14(2)32-22(31)30-11-9-18(10-12-30)33-20-15(3)21(28-13-27-20)35-29-16(4)17-5-7-19(8-6-17)34-23(24,25)26/h5-8,13-14,18H,9-12H2,1-4H3/b29-16+. The van der Waals surface area contributed by atoms with E-state index in [2.05, 4.69) is 19.9 Å². The van der Waals surface area contributed by atoms with E-state index in [4.69, 9.17) is 14.3 Å². The van der Waals surface area contributed by atoms with Gasteiger partial charge in [-0.2, -0.15) is 4.98 Å². The molecule has 0 N–H and O–H groups in total. The SMILES string of the molecule is C/C(=N\Oc1ncnc(OC2CCN(C(=O)OC(C)C)CC2)c1C)c1ccc(OC(F)(F)F)cc1. The van der Waals surface area contributed by atoms with Gasteiger partial charge in [0.15, 0.2) is 0 Å². The first-order chi connectivity index (χ1) is 16.5. The number of likely N-dealkylation sites (tertiary alicyclic amines) is 1. The molecular formula is C23H27F3N4O5. The molecule has 1 aromatic carbocycles. The van der Waals surface area contributed by atoms with Gasteiger partial charge in [0.05, 0.1) is 17.4 Å². The lowest BCUT2D eigenvalue weighted by atomic mass is 10.1. The third-order valence-electron chi connectivity index (χ3n) is 5.08. The Morgan fingerprint density at radius 1 is 1.11 bits per heavy atom. The van der Waals surface area contributed by atoms with Crippen molar-refractivity contribution in [1.82, 2.24) is 14.9 Å². The number of piperidine rings is 1. The average molecular weight is 496 g/mol. The highest BCUT2D eigenvalue weighted by atomic mass is 19.4. The third kappa shape index (κ3) is 7.72. The van der Waals surface area contributed by atoms with Crippen molar-refractivity contribution in [2.24, 2.45) is 5.16 Å². The van der Waals surface area contributed by atoms with Crippen molar-refractivity contribution in [3.8, 4) is 17.5 Å². The fraction of sp³-hybridized carbons (Fsp3) is 0.478. The molecule has 1 amide bonds. The molecule has 190 valence electrons. The van der Waals surface area contributed by atoms with Crippen LogP contribution in [0.1, 0.15) is 44.7 Å². The van der Waals surface area contributed by atoms with E-state index in [0.29, 0.717) is 48.6 Å². The largest absolute Gasteiger partial charge is 0.573 e. The molecular weight excluding hydrogens is 469 g/mol. The fourth-order valence-electron chi connectivity index (χ4n) is 3.28. The molecule has 35 heavy (non-hydrogen) atoms. The summed E-state index contributed by atoms with van der Waals surface area (Å²) in [5, 5.41) is 4.02. The van der Waals surface area contributed by atoms with Crippen LogP contribution in [0.4, 0.5) is 18.0 Å². The van der Waals surface area contributed by atoms with Gasteiger partial charge in [0, 0.05) is 25.9 Å². The molecule has 2 aromatic rings. The van der Waals surface area contributed by atoms with Crippen molar-refractivity contribution in [2.45, 2.75) is 59.1 Å². The summed E-state index contributed by atoms with van der Waals surface area (Å²) < 4.78 is 52.0. The van der Waals surface area contributed by atoms with Crippen molar-refractivity contribution in [1.29, 1.82) is 0 Å². The quantitative estimate of drug-likeness (QED) is 0.398. The Kier molecular flexibility index (Phi) is 8.36. The van der Waals surface area contributed by atoms with Crippen LogP contribution in [0.2, 0.25) is 0 Å². The van der Waals surface area contributed by atoms with Crippen LogP contribution in [0.3, 0.4) is 0 Å². The number of nitrogens with zero attached hydrogens (tertiary/aromatic N) is 4. The maximum Gasteiger partial charge on any atom is 0.573 e. The minimum atomic E-state index is -4.76. The highest BCUT2D eigenvalue weighted by molar-refractivity contribution is 5.98. The van der Waals surface area contributed by atoms with Gasteiger partial charge < -0.3 is 23.9 Å². The molecule has 0 unspecified atom stereocenters. The second kappa shape index (κ2) is 11.2. The van der Waals surface area contributed by atoms with Crippen LogP contribution < -0.4 is 14.3 Å². The molecule has 0 aliphatic carbocycles. The van der Waals surface area contributed by atoms with E-state index < -0.39 is 6.36 Å². The summed E-state index contributed by atoms with van der Waals surface area (Å²) in [4.78, 5) is 27.4. The Balaban J connectivity index is 1.58. The molecule has 2 heterocycles. The molecule has 0 atom stereocenters. The second-order valence-corrected chi connectivity index (χ2v) is 8.19. The number of hydrogen-bond acceptors (Lipinski definition) is 8. The van der Waals surface area contributed by atoms with Crippen LogP contribution in [0.25, 0.3) is 0 Å². The topological polar surface area (TPSA) is 95.4 Å². The number of carbonyl (C=O) groups excluding carboxylic acids is 1. The highest BCUT2D eigenvalue weighted by Gasteiger charge is 2.31. The van der Waals surface area contributed by atoms with Crippen LogP contribution in [-0.2, 0) is 4.74 Å². The number of hydrogen-bond donors (Lipinski definition) is 0. The van der Waals surface area contributed by atoms with E-state index in [1.165, 1.54) is 30.6 Å². The van der Waals surface area contributed by atoms with Gasteiger partial charge in [0.1, 0.15) is 18.2 Å². The van der Waals surface area contributed by atoms with Crippen molar-refractivity contribution < 1.29 is 37.0 Å². The number of halogens is 3. The molecule has 1 saturated heterocycles. The minimum absolute atomic E-state index is 0.137. The van der Waals surface area contributed by atoms with Gasteiger partial charge in [-0.3, -0.25) is 0 Å². The number of carbonyl (C=O) groups is 1. The molecule has 1 aromatic heterocycles. The lowest BCUT2D eigenvalue weighted by Crippen LogP contribution is -2.42. The van der Waals surface area contributed by atoms with Gasteiger partial charge >= 0.3 is 12.5 Å². The van der Waals surface area contributed by atoms with E-state index in [1.807, 2.05) is 0 Å². The molecule has 1 fully saturated rings. The number of oxime groups is 1. The predicted molar refractivity (Wildman–Crippen MR) is 120 cm³/mol. The van der Waals surface area contributed by atoms with Crippen molar-refractivity contribution in [3.05, 3.63) is 41.7 Å². The number of alkyl halides is 3. The van der Waals surface area contributed by atoms with Gasteiger partial charge in [-0.25, -0.2) is 9.78 Å². The summed E-state index contributed by atoms with van der Waals surface area (Å²) >= 11 is 0. The highest BCUT2D eigenvalue weighted by Crippen LogP contribution is 2.27. The molecule has 0 spiro atoms. The fourth-order valence-corrected chi connectivity index (χ4v) is 3.28. The van der Waals surface area contributed by atoms with E-state index in [9.17, 15) is 18.0 Å². The Labute approximate surface area is 200 Å². The predicted octanol–water partition coefficient (Wildman–Crippen LogP) is 4.87. The van der Waals surface area contributed by atoms with Gasteiger partial charge in [0.25, 0.3) is 5.88 Å². The monoisotopic (exact) mass is 496 g/mol. The number of rotatable bonds is 7. The van der Waals surface area contributed by atoms with E-state index in [0.717, 1.165) is 0 Å². The van der Waals surface area contributed by atoms with Crippen molar-refractivity contribution >= 4 is 11.8 Å². The van der Waals surface area contributed by atoms with Crippen LogP contribution in [0.15, 0.2) is 35.7 Å². The zero-order chi connectivity index (χ0) is 25.6. The summed E-state index contributed by atoms with van der Waals surface area (Å²) in [6.07, 6.45) is -2.86. The van der Waals surface area contributed by atoms with Crippen LogP contribution in [-0.4, -0.2) is 58.3 Å². The van der Waals surface area contributed by atoms with Crippen molar-refractivity contribution in [2.75, 3.05) is 13.1 Å². The van der Waals surface area contributed by atoms with Crippen LogP contribution in [0.5, 0.6) is 17.5 Å². The Morgan fingerprint density at radius 3 is 2.34 bits per heavy atom. The Morgan fingerprint density at radius 2 is 1.74 bits per heavy atom. The molecule has 12 heteroatoms. The summed E-state index contributed by atoms with van der Waals surface area (Å²) in [5.41, 5.74) is 1.51. The summed E-state index contributed by atoms with van der Waals surface area (Å²) in [5.74, 6) is 0.204. The molecule has 0 bridgehead atoms. The minimum Gasteiger partial charge on any atom is -0.474 e. The summed E-state index contributed by atoms with van der Waals surface area (Å²) in [6.45, 7) is 8.01. The number of amides is 1. The molecule has 0 saturated carbocycles. The first-order valence-electron chi connectivity index (χ1n) is 11.0. The first kappa shape index (κ1) is 26.0. The molecule has 3 rings (SSSR count). The normalized spacial score (nSPS) is 15.2. The van der Waals surface area contributed by atoms with Crippen LogP contribution >= 0.6 is 0 Å². The van der Waals surface area contributed by atoms with Gasteiger partial charge in [-0.15, -0.1) is 13.2 Å². The summed E-state index contributed by atoms with van der Waals surface area (Å²) in [6, 6.07) is 5.26. The Hall–Kier alpha value is -3.57. The number of ether oxygens (including phenoxy) is 3. The van der Waals surface area contributed by atoms with E-state index >= 15 is 0 Å². The van der Waals surface area contributed by atoms with Gasteiger partial charge in [0.2, 0.25) is 5.88 Å². The lowest BCUT2D eigenvalue weighted by Gasteiger charge is -2.31. The van der Waals surface area contributed by atoms with E-state index in [1.54, 1.807) is 32.6 Å². The third-order valence-corrected chi connectivity index (χ3v) is 5.08. The first-order valence-corrected chi connectivity index (χ1v) is 11.0. The number of aromatic nitrogens is 2. The maximum atomic E-state index is 12.3. The van der Waals surface area contributed by atoms with E-state index in [-0.39, 0.29) is 29.9 Å². The smallest absolute Gasteiger partial charge is 0.474 e. The zero-order valence-corrected chi connectivity index (χ0v) is 19.8. The van der Waals surface area contributed by atoms with Gasteiger partial charge in [-0.05, 0) is 57.5 Å². The zero-order valence-electron chi connectivity index (χ0n) is 19.8. The molecule has 9 nitrogen and oxygen atoms in total. The molecule has 1 aliphatic rings. The van der Waals surface area contributed by atoms with Crippen LogP contribution in [0, 0.1) is 6.92 Å². The molecule has 0 radical (unpaired) electrons. The van der Waals surface area contributed by atoms with Crippen molar-refractivity contribution in [3.63, 3.8) is 0 Å². The lowest BCUT2D eigenvalue weighted by molar-refractivity contribution is -0.274. The second-order valence-electron chi connectivity index (χ2n) is 8.19. The maximum absolute atomic E-state index is 12.3. The number of benzene rings is 1. The van der Waals surface area contributed by atoms with Gasteiger partial charge in [-0.1, -0.05) is 5.16 Å². The average Bonchev–Trinajstić information content (AvgIpc) is 2.79.